The van der Waals surface area contributed by atoms with Gasteiger partial charge in [-0.05, 0) is 61.0 Å². The van der Waals surface area contributed by atoms with E-state index in [0.29, 0.717) is 30.0 Å². The third-order valence-corrected chi connectivity index (χ3v) is 6.13. The van der Waals surface area contributed by atoms with Crippen molar-refractivity contribution in [3.63, 3.8) is 0 Å². The predicted molar refractivity (Wildman–Crippen MR) is 154 cm³/mol. The van der Waals surface area contributed by atoms with Gasteiger partial charge in [0.1, 0.15) is 18.1 Å². The van der Waals surface area contributed by atoms with E-state index in [2.05, 4.69) is 6.58 Å². The molecule has 1 heterocycles. The van der Waals surface area contributed by atoms with Gasteiger partial charge < -0.3 is 19.9 Å². The lowest BCUT2D eigenvalue weighted by Gasteiger charge is -2.08. The lowest BCUT2D eigenvalue weighted by atomic mass is 9.97. The summed E-state index contributed by atoms with van der Waals surface area (Å²) in [6.07, 6.45) is 5.52. The van der Waals surface area contributed by atoms with E-state index < -0.39 is 0 Å². The minimum absolute atomic E-state index is 0.0676. The van der Waals surface area contributed by atoms with E-state index in [1.54, 1.807) is 44.6 Å². The Morgan fingerprint density at radius 2 is 1.64 bits per heavy atom. The molecule has 194 valence electrons. The Morgan fingerprint density at radius 3 is 2.19 bits per heavy atom. The highest BCUT2D eigenvalue weighted by molar-refractivity contribution is 7.20. The van der Waals surface area contributed by atoms with Crippen molar-refractivity contribution in [2.75, 3.05) is 27.4 Å². The minimum Gasteiger partial charge on any atom is -0.501 e. The number of thiophene rings is 1. The second kappa shape index (κ2) is 16.3. The summed E-state index contributed by atoms with van der Waals surface area (Å²) in [5, 5.41) is 0.874. The molecule has 0 saturated heterocycles. The maximum absolute atomic E-state index is 13.6. The van der Waals surface area contributed by atoms with Gasteiger partial charge in [0, 0.05) is 32.6 Å². The molecule has 2 aromatic carbocycles. The summed E-state index contributed by atoms with van der Waals surface area (Å²) in [4.78, 5) is 14.5. The van der Waals surface area contributed by atoms with Crippen molar-refractivity contribution in [2.24, 2.45) is 5.73 Å². The normalized spacial score (nSPS) is 11.0. The summed E-state index contributed by atoms with van der Waals surface area (Å²) < 4.78 is 17.1. The largest absolute Gasteiger partial charge is 0.501 e. The summed E-state index contributed by atoms with van der Waals surface area (Å²) in [5.41, 5.74) is 7.55. The van der Waals surface area contributed by atoms with E-state index >= 15 is 0 Å². The van der Waals surface area contributed by atoms with Crippen LogP contribution in [0.15, 0.2) is 73.0 Å². The average molecular weight is 510 g/mol. The third-order valence-electron chi connectivity index (χ3n) is 4.93. The van der Waals surface area contributed by atoms with Gasteiger partial charge in [-0.1, -0.05) is 46.4 Å². The molecule has 1 aromatic heterocycles. The molecule has 3 rings (SSSR count). The molecule has 0 fully saturated rings. The lowest BCUT2D eigenvalue weighted by Crippen LogP contribution is -2.10. The Labute approximate surface area is 219 Å². The van der Waals surface area contributed by atoms with Gasteiger partial charge >= 0.3 is 0 Å². The minimum atomic E-state index is -0.0676. The van der Waals surface area contributed by atoms with Crippen LogP contribution in [0.1, 0.15) is 55.4 Å². The first-order valence-electron chi connectivity index (χ1n) is 12.2. The van der Waals surface area contributed by atoms with Crippen LogP contribution >= 0.6 is 11.3 Å². The van der Waals surface area contributed by atoms with Crippen molar-refractivity contribution in [1.82, 2.24) is 0 Å². The number of carbonyl (C=O) groups excluding carboxylic acids is 1. The molecule has 0 aliphatic heterocycles. The van der Waals surface area contributed by atoms with Crippen molar-refractivity contribution in [2.45, 2.75) is 34.6 Å². The number of fused-ring (bicyclic) bond motifs is 1. The zero-order valence-corrected chi connectivity index (χ0v) is 23.3. The zero-order valence-electron chi connectivity index (χ0n) is 22.5. The van der Waals surface area contributed by atoms with Crippen LogP contribution in [0.5, 0.6) is 11.5 Å². The summed E-state index contributed by atoms with van der Waals surface area (Å²) in [6.45, 7) is 14.7. The number of hydrogen-bond acceptors (Lipinski definition) is 6. The molecule has 0 unspecified atom stereocenters. The molecule has 0 spiro atoms. The number of nitrogens with two attached hydrogens (primary N) is 1. The van der Waals surface area contributed by atoms with Crippen LogP contribution in [0.2, 0.25) is 0 Å². The molecular weight excluding hydrogens is 470 g/mol. The number of ketones is 1. The number of benzene rings is 2. The van der Waals surface area contributed by atoms with E-state index in [-0.39, 0.29) is 5.78 Å². The zero-order chi connectivity index (χ0) is 27.1. The molecule has 0 radical (unpaired) electrons. The number of carbonyl (C=O) groups is 1. The Balaban J connectivity index is 0.00000154. The Hall–Kier alpha value is -3.35. The average Bonchev–Trinajstić information content (AvgIpc) is 3.32. The van der Waals surface area contributed by atoms with Gasteiger partial charge in [0.05, 0.1) is 20.0 Å². The predicted octanol–water partition coefficient (Wildman–Crippen LogP) is 7.65. The van der Waals surface area contributed by atoms with E-state index in [4.69, 9.17) is 19.9 Å². The molecule has 0 aliphatic rings. The van der Waals surface area contributed by atoms with Crippen LogP contribution in [0, 0.1) is 0 Å². The maximum atomic E-state index is 13.6. The number of methoxy groups -OCH3 is 2. The quantitative estimate of drug-likeness (QED) is 0.173. The van der Waals surface area contributed by atoms with Crippen LogP contribution in [0.3, 0.4) is 0 Å². The highest BCUT2D eigenvalue weighted by Crippen LogP contribution is 2.39. The fraction of sp³-hybridized carbons (Fsp3) is 0.300. The van der Waals surface area contributed by atoms with E-state index in [1.165, 1.54) is 11.3 Å². The van der Waals surface area contributed by atoms with Gasteiger partial charge in [-0.2, -0.15) is 0 Å². The SMILES string of the molecule is C=C/C(=C\C=C(/C)OC)c1sc2cc(OC)ccc2c1C(=O)c1ccc(OCCN)cc1.CC.CC. The highest BCUT2D eigenvalue weighted by atomic mass is 32.1. The fourth-order valence-corrected chi connectivity index (χ4v) is 4.42. The van der Waals surface area contributed by atoms with Crippen molar-refractivity contribution >= 4 is 32.8 Å². The number of hydrogen-bond donors (Lipinski definition) is 1. The molecule has 5 nitrogen and oxygen atoms in total. The smallest absolute Gasteiger partial charge is 0.195 e. The molecule has 0 aliphatic carbocycles. The number of ether oxygens (including phenoxy) is 3. The first kappa shape index (κ1) is 30.7. The van der Waals surface area contributed by atoms with Crippen molar-refractivity contribution < 1.29 is 19.0 Å². The third kappa shape index (κ3) is 7.83. The molecule has 0 bridgehead atoms. The molecule has 0 amide bonds. The van der Waals surface area contributed by atoms with Crippen molar-refractivity contribution in [3.05, 3.63) is 89.0 Å². The van der Waals surface area contributed by atoms with E-state index in [0.717, 1.165) is 32.0 Å². The first-order valence-corrected chi connectivity index (χ1v) is 13.0. The fourth-order valence-electron chi connectivity index (χ4n) is 3.17. The maximum Gasteiger partial charge on any atom is 0.195 e. The van der Waals surface area contributed by atoms with Gasteiger partial charge in [0.2, 0.25) is 0 Å². The van der Waals surface area contributed by atoms with Gasteiger partial charge in [0.15, 0.2) is 5.78 Å². The van der Waals surface area contributed by atoms with Gasteiger partial charge in [-0.15, -0.1) is 11.3 Å². The topological polar surface area (TPSA) is 70.8 Å². The molecule has 0 saturated carbocycles. The second-order valence-corrected chi connectivity index (χ2v) is 8.02. The van der Waals surface area contributed by atoms with Crippen molar-refractivity contribution in [1.29, 1.82) is 0 Å². The van der Waals surface area contributed by atoms with Gasteiger partial charge in [-0.3, -0.25) is 4.79 Å². The van der Waals surface area contributed by atoms with Crippen LogP contribution < -0.4 is 15.2 Å². The lowest BCUT2D eigenvalue weighted by molar-refractivity contribution is 0.104. The number of rotatable bonds is 10. The Bertz CT molecular complexity index is 1170. The summed E-state index contributed by atoms with van der Waals surface area (Å²) in [7, 11) is 3.25. The van der Waals surface area contributed by atoms with Gasteiger partial charge in [0.25, 0.3) is 0 Å². The van der Waals surface area contributed by atoms with Crippen LogP contribution in [0.4, 0.5) is 0 Å². The van der Waals surface area contributed by atoms with Crippen LogP contribution in [-0.4, -0.2) is 33.2 Å². The molecular formula is C30H39NO4S. The molecule has 3 aromatic rings. The second-order valence-electron chi connectivity index (χ2n) is 6.97. The standard InChI is InChI=1S/C26H27NO4S.2C2H6/c1-5-18(7-6-17(2)29-3)26-24(22-13-12-21(30-4)16-23(22)32-26)25(28)19-8-10-20(11-9-19)31-15-14-27;2*1-2/h5-13,16H,1,14-15,27H2,2-4H3;2*1-2H3/b17-6+,18-7+;;. The summed E-state index contributed by atoms with van der Waals surface area (Å²) in [6, 6.07) is 12.9. The Morgan fingerprint density at radius 1 is 1.00 bits per heavy atom. The van der Waals surface area contributed by atoms with E-state index in [1.807, 2.05) is 65.0 Å². The number of allylic oxidation sites excluding steroid dienone is 5. The Kier molecular flexibility index (Phi) is 13.9. The van der Waals surface area contributed by atoms with Gasteiger partial charge in [-0.25, -0.2) is 0 Å². The molecule has 36 heavy (non-hydrogen) atoms. The highest BCUT2D eigenvalue weighted by Gasteiger charge is 2.22. The summed E-state index contributed by atoms with van der Waals surface area (Å²) in [5.74, 6) is 2.11. The monoisotopic (exact) mass is 509 g/mol. The van der Waals surface area contributed by atoms with Crippen molar-refractivity contribution in [3.8, 4) is 11.5 Å². The first-order chi connectivity index (χ1) is 17.5. The molecule has 0 atom stereocenters. The van der Waals surface area contributed by atoms with E-state index in [9.17, 15) is 4.79 Å². The molecule has 6 heteroatoms. The summed E-state index contributed by atoms with van der Waals surface area (Å²) >= 11 is 1.53. The van der Waals surface area contributed by atoms with Crippen LogP contribution in [0.25, 0.3) is 15.7 Å². The van der Waals surface area contributed by atoms with Crippen LogP contribution in [-0.2, 0) is 4.74 Å². The molecule has 2 N–H and O–H groups in total.